The van der Waals surface area contributed by atoms with Crippen LogP contribution in [0.1, 0.15) is 32.0 Å². The molecule has 5 rings (SSSR count). The maximum absolute atomic E-state index is 13.3. The van der Waals surface area contributed by atoms with Gasteiger partial charge < -0.3 is 24.4 Å². The molecule has 4 heterocycles. The number of hydrogen-bond donors (Lipinski definition) is 1. The minimum atomic E-state index is -0.0827. The van der Waals surface area contributed by atoms with Gasteiger partial charge in [0.15, 0.2) is 0 Å². The Morgan fingerprint density at radius 3 is 2.65 bits per heavy atom. The van der Waals surface area contributed by atoms with Gasteiger partial charge in [0.2, 0.25) is 0 Å². The van der Waals surface area contributed by atoms with Gasteiger partial charge in [0.1, 0.15) is 0 Å². The molecule has 2 amide bonds. The van der Waals surface area contributed by atoms with Gasteiger partial charge in [-0.3, -0.25) is 14.6 Å². The second-order valence-corrected chi connectivity index (χ2v) is 9.16. The number of fused-ring (bicyclic) bond motifs is 1. The first kappa shape index (κ1) is 22.6. The number of benzene rings is 1. The molecule has 2 aliphatic heterocycles. The molecular weight excluding hydrogens is 430 g/mol. The lowest BCUT2D eigenvalue weighted by atomic mass is 10.0. The summed E-state index contributed by atoms with van der Waals surface area (Å²) < 4.78 is 7.85. The zero-order valence-corrected chi connectivity index (χ0v) is 19.8. The number of rotatable bonds is 4. The molecule has 1 atom stereocenters. The van der Waals surface area contributed by atoms with Crippen LogP contribution in [0.5, 0.6) is 0 Å². The van der Waals surface area contributed by atoms with E-state index in [9.17, 15) is 9.59 Å². The van der Waals surface area contributed by atoms with Gasteiger partial charge in [-0.1, -0.05) is 0 Å². The molecule has 178 valence electrons. The summed E-state index contributed by atoms with van der Waals surface area (Å²) in [5.74, 6) is 0.0542. The Morgan fingerprint density at radius 1 is 1.09 bits per heavy atom. The molecule has 1 aromatic carbocycles. The van der Waals surface area contributed by atoms with Crippen LogP contribution in [0.25, 0.3) is 10.9 Å². The van der Waals surface area contributed by atoms with Crippen molar-refractivity contribution in [1.29, 1.82) is 0 Å². The number of carbonyl (C=O) groups excluding carboxylic acids is 2. The van der Waals surface area contributed by atoms with Crippen molar-refractivity contribution in [2.75, 3.05) is 45.9 Å². The first-order valence-corrected chi connectivity index (χ1v) is 11.9. The fourth-order valence-corrected chi connectivity index (χ4v) is 4.93. The van der Waals surface area contributed by atoms with E-state index in [4.69, 9.17) is 4.74 Å². The summed E-state index contributed by atoms with van der Waals surface area (Å²) in [5.41, 5.74) is 4.38. The van der Waals surface area contributed by atoms with Crippen molar-refractivity contribution in [2.45, 2.75) is 19.4 Å². The van der Waals surface area contributed by atoms with E-state index in [-0.39, 0.29) is 17.9 Å². The molecule has 0 saturated carbocycles. The lowest BCUT2D eigenvalue weighted by Gasteiger charge is -2.35. The highest BCUT2D eigenvalue weighted by Gasteiger charge is 2.29. The third kappa shape index (κ3) is 4.43. The van der Waals surface area contributed by atoms with Crippen LogP contribution in [0.2, 0.25) is 0 Å². The Hall–Kier alpha value is -3.23. The van der Waals surface area contributed by atoms with E-state index in [0.29, 0.717) is 37.3 Å². The van der Waals surface area contributed by atoms with Crippen molar-refractivity contribution in [3.05, 3.63) is 65.1 Å². The average molecular weight is 462 g/mol. The standard InChI is InChI=1S/C26H31N5O3/c1-18-3-4-20(15-28-18)26(33)31-11-12-34-17-22(31)13-21-16-29(2)24-6-5-19(14-23(21)24)25(32)30-9-7-27-8-10-30/h3-6,14-16,22,27H,7-13,17H2,1-2H3/t22-/m0/s1. The molecule has 2 saturated heterocycles. The molecule has 0 radical (unpaired) electrons. The van der Waals surface area contributed by atoms with Gasteiger partial charge in [-0.05, 0) is 49.2 Å². The highest BCUT2D eigenvalue weighted by molar-refractivity contribution is 5.99. The molecule has 0 bridgehead atoms. The van der Waals surface area contributed by atoms with Crippen molar-refractivity contribution in [1.82, 2.24) is 24.7 Å². The van der Waals surface area contributed by atoms with Crippen LogP contribution in [0.4, 0.5) is 0 Å². The molecule has 3 aromatic rings. The van der Waals surface area contributed by atoms with Crippen LogP contribution in [-0.4, -0.2) is 83.1 Å². The Bertz CT molecular complexity index is 1200. The van der Waals surface area contributed by atoms with Gasteiger partial charge in [0.05, 0.1) is 24.8 Å². The summed E-state index contributed by atoms with van der Waals surface area (Å²) in [6, 6.07) is 9.57. The molecule has 8 heteroatoms. The van der Waals surface area contributed by atoms with Crippen LogP contribution in [0.15, 0.2) is 42.7 Å². The zero-order valence-electron chi connectivity index (χ0n) is 19.8. The molecule has 1 N–H and O–H groups in total. The molecule has 0 aliphatic carbocycles. The topological polar surface area (TPSA) is 79.7 Å². The first-order chi connectivity index (χ1) is 16.5. The first-order valence-electron chi connectivity index (χ1n) is 11.9. The number of amides is 2. The molecule has 0 unspecified atom stereocenters. The minimum absolute atomic E-state index is 0.0180. The predicted octanol–water partition coefficient (Wildman–Crippen LogP) is 2.01. The summed E-state index contributed by atoms with van der Waals surface area (Å²) in [7, 11) is 2.02. The Morgan fingerprint density at radius 2 is 1.88 bits per heavy atom. The number of piperazine rings is 1. The summed E-state index contributed by atoms with van der Waals surface area (Å²) >= 11 is 0. The third-order valence-electron chi connectivity index (χ3n) is 6.83. The van der Waals surface area contributed by atoms with Gasteiger partial charge in [-0.15, -0.1) is 0 Å². The second kappa shape index (κ2) is 9.56. The van der Waals surface area contributed by atoms with Crippen molar-refractivity contribution >= 4 is 22.7 Å². The molecular formula is C26H31N5O3. The fraction of sp³-hybridized carbons (Fsp3) is 0.423. The third-order valence-corrected chi connectivity index (χ3v) is 6.83. The number of carbonyl (C=O) groups is 2. The van der Waals surface area contributed by atoms with E-state index >= 15 is 0 Å². The number of nitrogens with one attached hydrogen (secondary N) is 1. The average Bonchev–Trinajstić information content (AvgIpc) is 3.19. The van der Waals surface area contributed by atoms with Crippen molar-refractivity contribution in [3.63, 3.8) is 0 Å². The summed E-state index contributed by atoms with van der Waals surface area (Å²) in [6.07, 6.45) is 4.41. The lowest BCUT2D eigenvalue weighted by Crippen LogP contribution is -2.49. The van der Waals surface area contributed by atoms with Crippen LogP contribution in [-0.2, 0) is 18.2 Å². The summed E-state index contributed by atoms with van der Waals surface area (Å²) in [6.45, 7) is 6.58. The van der Waals surface area contributed by atoms with Crippen molar-refractivity contribution < 1.29 is 14.3 Å². The minimum Gasteiger partial charge on any atom is -0.377 e. The van der Waals surface area contributed by atoms with Crippen LogP contribution >= 0.6 is 0 Å². The Balaban J connectivity index is 1.41. The normalized spacial score (nSPS) is 18.9. The van der Waals surface area contributed by atoms with Gasteiger partial charge >= 0.3 is 0 Å². The van der Waals surface area contributed by atoms with Gasteiger partial charge in [-0.25, -0.2) is 0 Å². The fourth-order valence-electron chi connectivity index (χ4n) is 4.93. The molecule has 8 nitrogen and oxygen atoms in total. The van der Waals surface area contributed by atoms with E-state index < -0.39 is 0 Å². The Labute approximate surface area is 199 Å². The summed E-state index contributed by atoms with van der Waals surface area (Å²) in [5, 5.41) is 4.35. The van der Waals surface area contributed by atoms with E-state index in [1.54, 1.807) is 6.20 Å². The number of nitrogens with zero attached hydrogens (tertiary/aromatic N) is 4. The summed E-state index contributed by atoms with van der Waals surface area (Å²) in [4.78, 5) is 34.5. The molecule has 2 aromatic heterocycles. The van der Waals surface area contributed by atoms with Gasteiger partial charge in [0.25, 0.3) is 11.8 Å². The van der Waals surface area contributed by atoms with E-state index in [2.05, 4.69) is 21.1 Å². The largest absolute Gasteiger partial charge is 0.377 e. The molecule has 0 spiro atoms. The molecule has 2 fully saturated rings. The van der Waals surface area contributed by atoms with Crippen LogP contribution in [0.3, 0.4) is 0 Å². The highest BCUT2D eigenvalue weighted by Crippen LogP contribution is 2.26. The van der Waals surface area contributed by atoms with E-state index in [1.807, 2.05) is 54.1 Å². The van der Waals surface area contributed by atoms with E-state index in [1.165, 1.54) is 0 Å². The SMILES string of the molecule is Cc1ccc(C(=O)N2CCOC[C@@H]2Cc2cn(C)c3ccc(C(=O)N4CCNCC4)cc23)cn1. The lowest BCUT2D eigenvalue weighted by molar-refractivity contribution is -0.00158. The quantitative estimate of drug-likeness (QED) is 0.643. The van der Waals surface area contributed by atoms with Gasteiger partial charge in [0, 0.05) is 74.3 Å². The smallest absolute Gasteiger partial charge is 0.255 e. The predicted molar refractivity (Wildman–Crippen MR) is 130 cm³/mol. The van der Waals surface area contributed by atoms with Gasteiger partial charge in [-0.2, -0.15) is 0 Å². The van der Waals surface area contributed by atoms with Crippen LogP contribution < -0.4 is 5.32 Å². The maximum atomic E-state index is 13.3. The van der Waals surface area contributed by atoms with Crippen LogP contribution in [0, 0.1) is 6.92 Å². The highest BCUT2D eigenvalue weighted by atomic mass is 16.5. The van der Waals surface area contributed by atoms with E-state index in [0.717, 1.165) is 48.3 Å². The number of ether oxygens (including phenoxy) is 1. The van der Waals surface area contributed by atoms with Crippen molar-refractivity contribution in [2.24, 2.45) is 7.05 Å². The number of aryl methyl sites for hydroxylation is 2. The maximum Gasteiger partial charge on any atom is 0.255 e. The number of aromatic nitrogens is 2. The molecule has 2 aliphatic rings. The molecule has 34 heavy (non-hydrogen) atoms. The Kier molecular flexibility index (Phi) is 6.34. The number of hydrogen-bond acceptors (Lipinski definition) is 5. The number of pyridine rings is 1. The zero-order chi connectivity index (χ0) is 23.7. The number of morpholine rings is 1. The monoisotopic (exact) mass is 461 g/mol. The second-order valence-electron chi connectivity index (χ2n) is 9.16. The van der Waals surface area contributed by atoms with Crippen molar-refractivity contribution in [3.8, 4) is 0 Å².